The molecule has 0 aliphatic rings. The molecule has 0 unspecified atom stereocenters. The molecule has 3 aromatic rings. The third-order valence-corrected chi connectivity index (χ3v) is 4.16. The second kappa shape index (κ2) is 6.33. The van der Waals surface area contributed by atoms with Crippen LogP contribution in [0, 0.1) is 0 Å². The molecule has 0 aliphatic carbocycles. The van der Waals surface area contributed by atoms with Crippen molar-refractivity contribution in [3.05, 3.63) is 40.4 Å². The van der Waals surface area contributed by atoms with Crippen LogP contribution in [0.1, 0.15) is 18.2 Å². The lowest BCUT2D eigenvalue weighted by Crippen LogP contribution is -2.26. The van der Waals surface area contributed by atoms with Crippen LogP contribution in [0.4, 0.5) is 4.79 Å². The second-order valence-electron chi connectivity index (χ2n) is 4.41. The summed E-state index contributed by atoms with van der Waals surface area (Å²) in [5, 5.41) is 4.60. The largest absolute Gasteiger partial charge is 0.467 e. The molecule has 8 heteroatoms. The Morgan fingerprint density at radius 3 is 3.09 bits per heavy atom. The zero-order chi connectivity index (χ0) is 15.5. The first-order chi connectivity index (χ1) is 10.7. The Morgan fingerprint density at radius 2 is 2.36 bits per heavy atom. The van der Waals surface area contributed by atoms with Crippen molar-refractivity contribution in [1.29, 1.82) is 0 Å². The van der Waals surface area contributed by atoms with Crippen LogP contribution < -0.4 is 10.1 Å². The number of amides is 1. The number of rotatable bonds is 4. The van der Waals surface area contributed by atoms with Gasteiger partial charge in [0.25, 0.3) is 0 Å². The van der Waals surface area contributed by atoms with Crippen LogP contribution in [0.5, 0.6) is 5.88 Å². The molecule has 114 valence electrons. The van der Waals surface area contributed by atoms with Crippen molar-refractivity contribution < 1.29 is 13.9 Å². The number of hydrogen-bond donors (Lipinski definition) is 1. The number of thiophene rings is 1. The number of hydrogen-bond acceptors (Lipinski definition) is 6. The van der Waals surface area contributed by atoms with E-state index in [0.29, 0.717) is 10.5 Å². The number of carbonyl (C=O) groups is 1. The van der Waals surface area contributed by atoms with Crippen molar-refractivity contribution in [3.8, 4) is 5.88 Å². The number of furan rings is 1. The first kappa shape index (κ1) is 14.8. The molecule has 6 nitrogen and oxygen atoms in total. The molecular formula is C14H12ClN3O3S. The molecule has 0 bridgehead atoms. The van der Waals surface area contributed by atoms with E-state index in [1.807, 2.05) is 12.3 Å². The minimum absolute atomic E-state index is 0.0504. The van der Waals surface area contributed by atoms with Crippen LogP contribution >= 0.6 is 22.9 Å². The highest BCUT2D eigenvalue weighted by atomic mass is 35.5. The first-order valence-electron chi connectivity index (χ1n) is 6.59. The smallest absolute Gasteiger partial charge is 0.414 e. The van der Waals surface area contributed by atoms with Gasteiger partial charge in [0.1, 0.15) is 10.5 Å². The predicted molar refractivity (Wildman–Crippen MR) is 83.4 cm³/mol. The van der Waals surface area contributed by atoms with Gasteiger partial charge in [-0.2, -0.15) is 4.98 Å². The summed E-state index contributed by atoms with van der Waals surface area (Å²) in [6, 6.07) is 3.50. The van der Waals surface area contributed by atoms with Gasteiger partial charge in [-0.05, 0) is 41.1 Å². The molecule has 0 aromatic carbocycles. The van der Waals surface area contributed by atoms with E-state index in [9.17, 15) is 4.79 Å². The van der Waals surface area contributed by atoms with Crippen LogP contribution in [0.3, 0.4) is 0 Å². The van der Waals surface area contributed by atoms with E-state index in [1.54, 1.807) is 12.1 Å². The summed E-state index contributed by atoms with van der Waals surface area (Å²) in [6.07, 6.45) is 1.73. The van der Waals surface area contributed by atoms with Gasteiger partial charge in [-0.1, -0.05) is 6.92 Å². The van der Waals surface area contributed by atoms with E-state index in [0.717, 1.165) is 17.5 Å². The molecule has 22 heavy (non-hydrogen) atoms. The molecule has 3 aromatic heterocycles. The van der Waals surface area contributed by atoms with Crippen molar-refractivity contribution >= 4 is 39.2 Å². The molecule has 3 rings (SSSR count). The van der Waals surface area contributed by atoms with Gasteiger partial charge in [-0.25, -0.2) is 9.78 Å². The average molecular weight is 338 g/mol. The predicted octanol–water partition coefficient (Wildman–Crippen LogP) is 3.79. The molecule has 0 aliphatic heterocycles. The summed E-state index contributed by atoms with van der Waals surface area (Å²) < 4.78 is 11.1. The average Bonchev–Trinajstić information content (AvgIpc) is 3.14. The van der Waals surface area contributed by atoms with Gasteiger partial charge in [0, 0.05) is 0 Å². The quantitative estimate of drug-likeness (QED) is 0.733. The molecular weight excluding hydrogens is 326 g/mol. The van der Waals surface area contributed by atoms with Gasteiger partial charge in [-0.3, -0.25) is 0 Å². The fourth-order valence-electron chi connectivity index (χ4n) is 1.93. The zero-order valence-corrected chi connectivity index (χ0v) is 13.2. The monoisotopic (exact) mass is 337 g/mol. The van der Waals surface area contributed by atoms with Gasteiger partial charge in [0.2, 0.25) is 11.2 Å². The summed E-state index contributed by atoms with van der Waals surface area (Å²) >= 11 is 7.33. The Labute approximate surface area is 135 Å². The molecule has 1 amide bonds. The van der Waals surface area contributed by atoms with E-state index in [4.69, 9.17) is 20.8 Å². The van der Waals surface area contributed by atoms with Gasteiger partial charge in [-0.15, -0.1) is 11.3 Å². The first-order valence-corrected chi connectivity index (χ1v) is 7.84. The maximum atomic E-state index is 11.9. The Kier molecular flexibility index (Phi) is 4.26. The Morgan fingerprint density at radius 1 is 1.50 bits per heavy atom. The van der Waals surface area contributed by atoms with E-state index in [-0.39, 0.29) is 17.7 Å². The molecule has 0 atom stereocenters. The van der Waals surface area contributed by atoms with Crippen LogP contribution in [0.25, 0.3) is 10.2 Å². The van der Waals surface area contributed by atoms with Crippen molar-refractivity contribution in [1.82, 2.24) is 15.3 Å². The minimum atomic E-state index is -0.626. The summed E-state index contributed by atoms with van der Waals surface area (Å²) in [5.74, 6) is 0.795. The SMILES string of the molecule is CCc1csc2c(OC(=O)NCc3ccco3)nc(Cl)nc12. The number of nitrogens with one attached hydrogen (secondary N) is 1. The van der Waals surface area contributed by atoms with Gasteiger partial charge >= 0.3 is 6.09 Å². The molecule has 0 radical (unpaired) electrons. The van der Waals surface area contributed by atoms with E-state index < -0.39 is 6.09 Å². The molecule has 0 spiro atoms. The number of fused-ring (bicyclic) bond motifs is 1. The number of aryl methyl sites for hydroxylation is 1. The van der Waals surface area contributed by atoms with E-state index in [1.165, 1.54) is 17.6 Å². The zero-order valence-electron chi connectivity index (χ0n) is 11.6. The lowest BCUT2D eigenvalue weighted by atomic mass is 10.2. The van der Waals surface area contributed by atoms with Crippen molar-refractivity contribution in [2.24, 2.45) is 0 Å². The fraction of sp³-hybridized carbons (Fsp3) is 0.214. The van der Waals surface area contributed by atoms with Crippen molar-refractivity contribution in [3.63, 3.8) is 0 Å². The van der Waals surface area contributed by atoms with Gasteiger partial charge in [0.15, 0.2) is 0 Å². The maximum Gasteiger partial charge on any atom is 0.414 e. The molecule has 0 saturated heterocycles. The lowest BCUT2D eigenvalue weighted by Gasteiger charge is -2.06. The third kappa shape index (κ3) is 3.05. The van der Waals surface area contributed by atoms with Crippen molar-refractivity contribution in [2.75, 3.05) is 0 Å². The van der Waals surface area contributed by atoms with Crippen molar-refractivity contribution in [2.45, 2.75) is 19.9 Å². The summed E-state index contributed by atoms with van der Waals surface area (Å²) in [6.45, 7) is 2.26. The minimum Gasteiger partial charge on any atom is -0.467 e. The Hall–Kier alpha value is -2.12. The second-order valence-corrected chi connectivity index (χ2v) is 5.63. The highest BCUT2D eigenvalue weighted by Gasteiger charge is 2.16. The van der Waals surface area contributed by atoms with Crippen LogP contribution in [0.15, 0.2) is 28.2 Å². The number of carbonyl (C=O) groups excluding carboxylic acids is 1. The number of halogens is 1. The molecule has 0 saturated carbocycles. The summed E-state index contributed by atoms with van der Waals surface area (Å²) in [4.78, 5) is 20.1. The number of ether oxygens (including phenoxy) is 1. The molecule has 3 heterocycles. The third-order valence-electron chi connectivity index (χ3n) is 2.99. The normalized spacial score (nSPS) is 10.8. The standard InChI is InChI=1S/C14H12ClN3O3S/c1-2-8-7-22-11-10(8)17-13(15)18-12(11)21-14(19)16-6-9-4-3-5-20-9/h3-5,7H,2,6H2,1H3,(H,16,19). The maximum absolute atomic E-state index is 11.9. The van der Waals surface area contributed by atoms with Crippen LogP contribution in [0.2, 0.25) is 5.28 Å². The number of nitrogens with zero attached hydrogens (tertiary/aromatic N) is 2. The molecule has 0 fully saturated rings. The van der Waals surface area contributed by atoms with E-state index >= 15 is 0 Å². The lowest BCUT2D eigenvalue weighted by molar-refractivity contribution is 0.198. The topological polar surface area (TPSA) is 77.2 Å². The Balaban J connectivity index is 1.78. The molecule has 1 N–H and O–H groups in total. The number of aromatic nitrogens is 2. The Bertz CT molecular complexity index is 801. The van der Waals surface area contributed by atoms with E-state index in [2.05, 4.69) is 15.3 Å². The highest BCUT2D eigenvalue weighted by Crippen LogP contribution is 2.32. The van der Waals surface area contributed by atoms with Crippen LogP contribution in [-0.4, -0.2) is 16.1 Å². The fourth-order valence-corrected chi connectivity index (χ4v) is 3.11. The van der Waals surface area contributed by atoms with Gasteiger partial charge < -0.3 is 14.5 Å². The summed E-state index contributed by atoms with van der Waals surface area (Å²) in [7, 11) is 0. The summed E-state index contributed by atoms with van der Waals surface area (Å²) in [5.41, 5.74) is 1.77. The van der Waals surface area contributed by atoms with Gasteiger partial charge in [0.05, 0.1) is 18.3 Å². The van der Waals surface area contributed by atoms with Crippen LogP contribution in [-0.2, 0) is 13.0 Å². The highest BCUT2D eigenvalue weighted by molar-refractivity contribution is 7.17.